The molecule has 2 atom stereocenters. The fraction of sp³-hybridized carbons (Fsp3) is 0.333. The van der Waals surface area contributed by atoms with Crippen LogP contribution in [-0.2, 0) is 43.2 Å². The molecule has 41 heavy (non-hydrogen) atoms. The van der Waals surface area contributed by atoms with Gasteiger partial charge in [0.05, 0.1) is 25.0 Å². The van der Waals surface area contributed by atoms with Crippen LogP contribution >= 0.6 is 0 Å². The van der Waals surface area contributed by atoms with Crippen molar-refractivity contribution in [3.8, 4) is 0 Å². The zero-order valence-corrected chi connectivity index (χ0v) is 23.8. The lowest BCUT2D eigenvalue weighted by Gasteiger charge is -2.25. The molecule has 0 fully saturated rings. The van der Waals surface area contributed by atoms with Crippen LogP contribution in [0.3, 0.4) is 0 Å². The molecule has 3 aromatic carbocycles. The summed E-state index contributed by atoms with van der Waals surface area (Å²) in [5, 5.41) is 9.00. The van der Waals surface area contributed by atoms with E-state index in [1.54, 1.807) is 0 Å². The Kier molecular flexibility index (Phi) is 7.92. The van der Waals surface area contributed by atoms with Gasteiger partial charge in [-0.2, -0.15) is 0 Å². The third-order valence-corrected chi connectivity index (χ3v) is 7.83. The first-order chi connectivity index (χ1) is 19.7. The van der Waals surface area contributed by atoms with Crippen LogP contribution in [0.25, 0.3) is 0 Å². The molecule has 0 spiro atoms. The van der Waals surface area contributed by atoms with Crippen LogP contribution in [0.15, 0.2) is 77.9 Å². The van der Waals surface area contributed by atoms with Crippen molar-refractivity contribution < 1.29 is 23.9 Å². The summed E-state index contributed by atoms with van der Waals surface area (Å²) >= 11 is 0. The van der Waals surface area contributed by atoms with E-state index in [1.807, 2.05) is 93.6 Å². The summed E-state index contributed by atoms with van der Waals surface area (Å²) in [6.07, 6.45) is 1.09. The molecule has 0 bridgehead atoms. The first-order valence-electron chi connectivity index (χ1n) is 13.8. The number of nitrogens with one attached hydrogen (secondary N) is 1. The fourth-order valence-corrected chi connectivity index (χ4v) is 5.69. The molecule has 8 nitrogen and oxygen atoms in total. The molecule has 0 saturated carbocycles. The number of hydrazone groups is 1. The second-order valence-electron chi connectivity index (χ2n) is 11.3. The minimum Gasteiger partial charge on any atom is -0.469 e. The molecule has 2 aliphatic rings. The zero-order valence-electron chi connectivity index (χ0n) is 23.8. The zero-order chi connectivity index (χ0) is 29.1. The van der Waals surface area contributed by atoms with E-state index in [4.69, 9.17) is 9.47 Å². The van der Waals surface area contributed by atoms with E-state index >= 15 is 0 Å². The van der Waals surface area contributed by atoms with Gasteiger partial charge in [0.15, 0.2) is 6.61 Å². The highest BCUT2D eigenvalue weighted by molar-refractivity contribution is 5.98. The molecule has 0 aromatic heterocycles. The van der Waals surface area contributed by atoms with Crippen molar-refractivity contribution in [3.63, 3.8) is 0 Å². The lowest BCUT2D eigenvalue weighted by Crippen LogP contribution is -2.36. The number of fused-ring (bicyclic) bond motifs is 1. The Morgan fingerprint density at radius 1 is 1.02 bits per heavy atom. The van der Waals surface area contributed by atoms with Crippen molar-refractivity contribution >= 4 is 29.4 Å². The van der Waals surface area contributed by atoms with Gasteiger partial charge in [-0.05, 0) is 66.1 Å². The normalized spacial score (nSPS) is 18.8. The topological polar surface area (TPSA) is 97.3 Å². The summed E-state index contributed by atoms with van der Waals surface area (Å²) in [6.45, 7) is 6.18. The minimum atomic E-state index is -0.640. The first-order valence-corrected chi connectivity index (χ1v) is 13.8. The number of hydrogen-bond acceptors (Lipinski definition) is 6. The summed E-state index contributed by atoms with van der Waals surface area (Å²) in [5.74, 6) is -0.498. The van der Waals surface area contributed by atoms with E-state index < -0.39 is 5.41 Å². The number of esters is 1. The Morgan fingerprint density at radius 3 is 2.44 bits per heavy atom. The summed E-state index contributed by atoms with van der Waals surface area (Å²) < 4.78 is 10.6. The molecule has 5 rings (SSSR count). The van der Waals surface area contributed by atoms with Gasteiger partial charge in [0.1, 0.15) is 0 Å². The molecule has 1 heterocycles. The number of rotatable bonds is 8. The molecule has 0 radical (unpaired) electrons. The lowest BCUT2D eigenvalue weighted by molar-refractivity contribution is -0.151. The first kappa shape index (κ1) is 28.1. The maximum absolute atomic E-state index is 13.6. The third kappa shape index (κ3) is 5.87. The molecule has 0 saturated heterocycles. The standard InChI is InChI=1S/C33H35N3O5/c1-21(2)29(30(38)34-27-12-8-11-25-17-33(3,18-26(25)27)32(39)40-4)23-15-13-22(14-16-23)19-36-28(37)20-41-31(35-36)24-9-6-5-7-10-24/h5-16,21,29H,17-20H2,1-4H3,(H,34,38). The largest absolute Gasteiger partial charge is 0.469 e. The number of methoxy groups -OCH3 is 1. The van der Waals surface area contributed by atoms with Gasteiger partial charge >= 0.3 is 5.97 Å². The number of hydrogen-bond donors (Lipinski definition) is 1. The summed E-state index contributed by atoms with van der Waals surface area (Å²) in [7, 11) is 1.41. The van der Waals surface area contributed by atoms with Gasteiger partial charge in [0, 0.05) is 11.3 Å². The molecule has 212 valence electrons. The van der Waals surface area contributed by atoms with Crippen LogP contribution < -0.4 is 5.32 Å². The molecule has 3 aromatic rings. The van der Waals surface area contributed by atoms with Crippen LogP contribution in [0.2, 0.25) is 0 Å². The van der Waals surface area contributed by atoms with Crippen molar-refractivity contribution in [1.82, 2.24) is 5.01 Å². The van der Waals surface area contributed by atoms with Gasteiger partial charge in [-0.25, -0.2) is 5.01 Å². The number of carbonyl (C=O) groups excluding carboxylic acids is 3. The van der Waals surface area contributed by atoms with Crippen molar-refractivity contribution in [2.24, 2.45) is 16.4 Å². The van der Waals surface area contributed by atoms with Crippen molar-refractivity contribution in [2.45, 2.75) is 46.1 Å². The Balaban J connectivity index is 1.31. The van der Waals surface area contributed by atoms with E-state index in [9.17, 15) is 14.4 Å². The minimum absolute atomic E-state index is 0.0387. The van der Waals surface area contributed by atoms with Crippen molar-refractivity contribution in [1.29, 1.82) is 0 Å². The molecular weight excluding hydrogens is 518 g/mol. The van der Waals surface area contributed by atoms with Crippen LogP contribution in [0.1, 0.15) is 54.5 Å². The quantitative estimate of drug-likeness (QED) is 0.393. The summed E-state index contributed by atoms with van der Waals surface area (Å²) in [6, 6.07) is 23.0. The van der Waals surface area contributed by atoms with Crippen LogP contribution in [-0.4, -0.2) is 42.4 Å². The van der Waals surface area contributed by atoms with E-state index in [-0.39, 0.29) is 36.2 Å². The van der Waals surface area contributed by atoms with Gasteiger partial charge in [0.2, 0.25) is 11.8 Å². The number of amides is 2. The van der Waals surface area contributed by atoms with Crippen LogP contribution in [0.4, 0.5) is 5.69 Å². The van der Waals surface area contributed by atoms with E-state index in [0.717, 1.165) is 33.5 Å². The average Bonchev–Trinajstić information content (AvgIpc) is 3.33. The highest BCUT2D eigenvalue weighted by Crippen LogP contribution is 2.41. The molecule has 2 amide bonds. The fourth-order valence-electron chi connectivity index (χ4n) is 5.69. The van der Waals surface area contributed by atoms with Crippen molar-refractivity contribution in [2.75, 3.05) is 19.0 Å². The highest BCUT2D eigenvalue weighted by Gasteiger charge is 2.42. The van der Waals surface area contributed by atoms with E-state index in [2.05, 4.69) is 10.4 Å². The number of nitrogens with zero attached hydrogens (tertiary/aromatic N) is 2. The number of carbonyl (C=O) groups is 3. The van der Waals surface area contributed by atoms with E-state index in [0.29, 0.717) is 25.3 Å². The van der Waals surface area contributed by atoms with E-state index in [1.165, 1.54) is 12.1 Å². The monoisotopic (exact) mass is 553 g/mol. The molecule has 2 unspecified atom stereocenters. The highest BCUT2D eigenvalue weighted by atomic mass is 16.5. The second-order valence-corrected chi connectivity index (χ2v) is 11.3. The Labute approximate surface area is 240 Å². The summed E-state index contributed by atoms with van der Waals surface area (Å²) in [4.78, 5) is 38.6. The molecule has 1 aliphatic carbocycles. The number of benzene rings is 3. The Hall–Kier alpha value is -4.46. The number of ether oxygens (including phenoxy) is 2. The Bertz CT molecular complexity index is 1480. The van der Waals surface area contributed by atoms with Gasteiger partial charge in [-0.1, -0.05) is 68.4 Å². The van der Waals surface area contributed by atoms with Crippen LogP contribution in [0, 0.1) is 11.3 Å². The molecule has 1 aliphatic heterocycles. The number of anilines is 1. The smallest absolute Gasteiger partial charge is 0.312 e. The maximum Gasteiger partial charge on any atom is 0.312 e. The Morgan fingerprint density at radius 2 is 1.76 bits per heavy atom. The second kappa shape index (κ2) is 11.6. The molecule has 1 N–H and O–H groups in total. The average molecular weight is 554 g/mol. The SMILES string of the molecule is COC(=O)C1(C)Cc2cccc(NC(=O)C(c3ccc(CN4N=C(c5ccccc5)OCC4=O)cc3)C(C)C)c2C1. The third-order valence-electron chi connectivity index (χ3n) is 7.83. The predicted molar refractivity (Wildman–Crippen MR) is 156 cm³/mol. The predicted octanol–water partition coefficient (Wildman–Crippen LogP) is 5.06. The van der Waals surface area contributed by atoms with Gasteiger partial charge in [-0.15, -0.1) is 5.10 Å². The molecule has 8 heteroatoms. The van der Waals surface area contributed by atoms with Gasteiger partial charge in [-0.3, -0.25) is 14.4 Å². The van der Waals surface area contributed by atoms with Gasteiger partial charge < -0.3 is 14.8 Å². The maximum atomic E-state index is 13.6. The van der Waals surface area contributed by atoms with Gasteiger partial charge in [0.25, 0.3) is 5.91 Å². The molecular formula is C33H35N3O5. The summed E-state index contributed by atoms with van der Waals surface area (Å²) in [5.41, 5.74) is 4.72. The van der Waals surface area contributed by atoms with Crippen molar-refractivity contribution in [3.05, 3.63) is 101 Å². The van der Waals surface area contributed by atoms with Crippen LogP contribution in [0.5, 0.6) is 0 Å². The lowest BCUT2D eigenvalue weighted by atomic mass is 9.86.